The summed E-state index contributed by atoms with van der Waals surface area (Å²) in [5.74, 6) is -0.262. The topological polar surface area (TPSA) is 109 Å². The molecular formula is C21H27N5O5. The van der Waals surface area contributed by atoms with Crippen LogP contribution in [0, 0.1) is 0 Å². The van der Waals surface area contributed by atoms with Gasteiger partial charge in [-0.2, -0.15) is 5.10 Å². The van der Waals surface area contributed by atoms with Crippen LogP contribution in [0.1, 0.15) is 48.2 Å². The Labute approximate surface area is 179 Å². The van der Waals surface area contributed by atoms with Crippen molar-refractivity contribution >= 4 is 11.9 Å². The smallest absolute Gasteiger partial charge is 0.343 e. The lowest BCUT2D eigenvalue weighted by Gasteiger charge is -2.20. The lowest BCUT2D eigenvalue weighted by molar-refractivity contribution is -0.131. The van der Waals surface area contributed by atoms with Crippen molar-refractivity contribution in [3.8, 4) is 5.75 Å². The van der Waals surface area contributed by atoms with E-state index in [0.717, 1.165) is 25.7 Å². The van der Waals surface area contributed by atoms with E-state index < -0.39 is 5.97 Å². The van der Waals surface area contributed by atoms with Gasteiger partial charge in [-0.25, -0.2) is 9.78 Å². The molecule has 0 atom stereocenters. The van der Waals surface area contributed by atoms with Crippen molar-refractivity contribution in [3.63, 3.8) is 0 Å². The first-order chi connectivity index (χ1) is 15.1. The fourth-order valence-electron chi connectivity index (χ4n) is 4.32. The second-order valence-corrected chi connectivity index (χ2v) is 7.88. The summed E-state index contributed by atoms with van der Waals surface area (Å²) >= 11 is 0. The van der Waals surface area contributed by atoms with Gasteiger partial charge >= 0.3 is 5.97 Å². The Bertz CT molecular complexity index is 994. The zero-order valence-electron chi connectivity index (χ0n) is 17.7. The standard InChI is InChI=1S/C21H27N5O5/c1-30-21(29)20-16-6-8-24(18(27)7-9-25-14-22-13-23-25)10-11-26(16)19(28)12-17(20)31-15-4-2-3-5-15/h12-15H,2-11H2,1H3. The Morgan fingerprint density at radius 1 is 1.19 bits per heavy atom. The van der Waals surface area contributed by atoms with E-state index in [2.05, 4.69) is 10.1 Å². The maximum absolute atomic E-state index is 12.8. The summed E-state index contributed by atoms with van der Waals surface area (Å²) in [4.78, 5) is 43.8. The number of pyridine rings is 1. The summed E-state index contributed by atoms with van der Waals surface area (Å²) < 4.78 is 14.2. The molecule has 0 spiro atoms. The number of ether oxygens (including phenoxy) is 2. The average molecular weight is 429 g/mol. The van der Waals surface area contributed by atoms with Crippen LogP contribution in [-0.4, -0.2) is 62.4 Å². The van der Waals surface area contributed by atoms with Crippen molar-refractivity contribution in [3.05, 3.63) is 40.3 Å². The minimum Gasteiger partial charge on any atom is -0.489 e. The third-order valence-corrected chi connectivity index (χ3v) is 5.95. The number of hydrogen-bond acceptors (Lipinski definition) is 7. The summed E-state index contributed by atoms with van der Waals surface area (Å²) in [6.07, 6.45) is 7.64. The molecule has 0 unspecified atom stereocenters. The molecule has 10 nitrogen and oxygen atoms in total. The van der Waals surface area contributed by atoms with Gasteiger partial charge in [-0.3, -0.25) is 14.3 Å². The molecule has 1 aliphatic heterocycles. The molecule has 1 amide bonds. The molecule has 2 aromatic rings. The van der Waals surface area contributed by atoms with Crippen LogP contribution < -0.4 is 10.3 Å². The van der Waals surface area contributed by atoms with Crippen LogP contribution in [0.2, 0.25) is 0 Å². The van der Waals surface area contributed by atoms with Gasteiger partial charge in [-0.05, 0) is 25.7 Å². The van der Waals surface area contributed by atoms with E-state index in [0.29, 0.717) is 49.6 Å². The Balaban J connectivity index is 1.55. The SMILES string of the molecule is COC(=O)c1c(OC2CCCC2)cc(=O)n2c1CCN(C(=O)CCn1cncn1)CC2. The van der Waals surface area contributed by atoms with E-state index in [1.807, 2.05) is 0 Å². The molecule has 1 aliphatic carbocycles. The maximum atomic E-state index is 12.8. The Kier molecular flexibility index (Phi) is 6.34. The van der Waals surface area contributed by atoms with Gasteiger partial charge in [0.15, 0.2) is 0 Å². The third-order valence-electron chi connectivity index (χ3n) is 5.95. The molecule has 0 saturated heterocycles. The summed E-state index contributed by atoms with van der Waals surface area (Å²) in [5, 5.41) is 4.01. The largest absolute Gasteiger partial charge is 0.489 e. The van der Waals surface area contributed by atoms with Crippen LogP contribution in [0.25, 0.3) is 0 Å². The second kappa shape index (κ2) is 9.32. The van der Waals surface area contributed by atoms with E-state index in [4.69, 9.17) is 9.47 Å². The zero-order chi connectivity index (χ0) is 21.8. The van der Waals surface area contributed by atoms with Crippen LogP contribution in [0.15, 0.2) is 23.5 Å². The van der Waals surface area contributed by atoms with Gasteiger partial charge in [0, 0.05) is 44.2 Å². The molecule has 4 rings (SSSR count). The minimum atomic E-state index is -0.525. The van der Waals surface area contributed by atoms with E-state index >= 15 is 0 Å². The van der Waals surface area contributed by atoms with E-state index in [1.54, 1.807) is 20.5 Å². The lowest BCUT2D eigenvalue weighted by atomic mass is 10.1. The molecule has 0 aromatic carbocycles. The summed E-state index contributed by atoms with van der Waals surface area (Å²) in [7, 11) is 1.32. The Morgan fingerprint density at radius 3 is 2.71 bits per heavy atom. The number of aromatic nitrogens is 4. The maximum Gasteiger partial charge on any atom is 0.343 e. The number of amides is 1. The van der Waals surface area contributed by atoms with Crippen LogP contribution in [0.5, 0.6) is 5.75 Å². The quantitative estimate of drug-likeness (QED) is 0.631. The van der Waals surface area contributed by atoms with Gasteiger partial charge in [0.2, 0.25) is 5.91 Å². The number of hydrogen-bond donors (Lipinski definition) is 0. The first kappa shape index (κ1) is 21.1. The van der Waals surface area contributed by atoms with Crippen molar-refractivity contribution in [2.75, 3.05) is 20.2 Å². The molecule has 0 bridgehead atoms. The van der Waals surface area contributed by atoms with Crippen LogP contribution in [0.3, 0.4) is 0 Å². The van der Waals surface area contributed by atoms with Crippen LogP contribution in [0.4, 0.5) is 0 Å². The molecule has 1 saturated carbocycles. The Hall–Kier alpha value is -3.17. The number of fused-ring (bicyclic) bond motifs is 1. The first-order valence-corrected chi connectivity index (χ1v) is 10.7. The van der Waals surface area contributed by atoms with Crippen molar-refractivity contribution in [1.82, 2.24) is 24.2 Å². The van der Waals surface area contributed by atoms with Crippen molar-refractivity contribution in [2.24, 2.45) is 0 Å². The molecule has 0 N–H and O–H groups in total. The highest BCUT2D eigenvalue weighted by Crippen LogP contribution is 2.29. The average Bonchev–Trinajstić information content (AvgIpc) is 3.43. The molecule has 0 radical (unpaired) electrons. The summed E-state index contributed by atoms with van der Waals surface area (Å²) in [6, 6.07) is 1.39. The number of nitrogens with zero attached hydrogens (tertiary/aromatic N) is 5. The van der Waals surface area contributed by atoms with Crippen LogP contribution in [-0.2, 0) is 29.0 Å². The fraction of sp³-hybridized carbons (Fsp3) is 0.571. The fourth-order valence-corrected chi connectivity index (χ4v) is 4.32. The number of aryl methyl sites for hydroxylation is 1. The predicted octanol–water partition coefficient (Wildman–Crippen LogP) is 1.02. The number of methoxy groups -OCH3 is 1. The van der Waals surface area contributed by atoms with Crippen molar-refractivity contribution in [2.45, 2.75) is 57.7 Å². The van der Waals surface area contributed by atoms with Gasteiger partial charge in [-0.1, -0.05) is 0 Å². The normalized spacial score (nSPS) is 16.6. The molecule has 166 valence electrons. The van der Waals surface area contributed by atoms with Gasteiger partial charge in [0.05, 0.1) is 19.8 Å². The third kappa shape index (κ3) is 4.62. The highest BCUT2D eigenvalue weighted by Gasteiger charge is 2.29. The Morgan fingerprint density at radius 2 is 2.00 bits per heavy atom. The van der Waals surface area contributed by atoms with Gasteiger partial charge in [0.25, 0.3) is 5.56 Å². The minimum absolute atomic E-state index is 0.00602. The molecule has 31 heavy (non-hydrogen) atoms. The number of carbonyl (C=O) groups is 2. The second-order valence-electron chi connectivity index (χ2n) is 7.88. The molecule has 10 heteroatoms. The zero-order valence-corrected chi connectivity index (χ0v) is 17.7. The lowest BCUT2D eigenvalue weighted by Crippen LogP contribution is -2.34. The van der Waals surface area contributed by atoms with Crippen molar-refractivity contribution < 1.29 is 19.1 Å². The van der Waals surface area contributed by atoms with E-state index in [1.165, 1.54) is 19.5 Å². The van der Waals surface area contributed by atoms with Gasteiger partial charge in [0.1, 0.15) is 24.0 Å². The number of rotatable bonds is 6. The molecular weight excluding hydrogens is 402 g/mol. The molecule has 2 aliphatic rings. The number of carbonyl (C=O) groups excluding carboxylic acids is 2. The predicted molar refractivity (Wildman–Crippen MR) is 110 cm³/mol. The van der Waals surface area contributed by atoms with E-state index in [9.17, 15) is 14.4 Å². The summed E-state index contributed by atoms with van der Waals surface area (Å²) in [5.41, 5.74) is 0.636. The highest BCUT2D eigenvalue weighted by atomic mass is 16.5. The van der Waals surface area contributed by atoms with Crippen LogP contribution >= 0.6 is 0 Å². The molecule has 3 heterocycles. The van der Waals surface area contributed by atoms with Gasteiger partial charge < -0.3 is 18.9 Å². The highest BCUT2D eigenvalue weighted by molar-refractivity contribution is 5.93. The van der Waals surface area contributed by atoms with Crippen molar-refractivity contribution in [1.29, 1.82) is 0 Å². The monoisotopic (exact) mass is 429 g/mol. The molecule has 2 aromatic heterocycles. The van der Waals surface area contributed by atoms with Gasteiger partial charge in [-0.15, -0.1) is 0 Å². The first-order valence-electron chi connectivity index (χ1n) is 10.7. The summed E-state index contributed by atoms with van der Waals surface area (Å²) in [6.45, 7) is 1.56. The number of esters is 1. The van der Waals surface area contributed by atoms with E-state index in [-0.39, 0.29) is 24.0 Å². The molecule has 1 fully saturated rings.